The largest absolute Gasteiger partial charge is 0.439 e. The number of benzene rings is 2. The smallest absolute Gasteiger partial charge is 0.230 e. The minimum Gasteiger partial charge on any atom is -0.439 e. The van der Waals surface area contributed by atoms with E-state index in [2.05, 4.69) is 20.6 Å². The van der Waals surface area contributed by atoms with Gasteiger partial charge in [-0.1, -0.05) is 18.2 Å². The van der Waals surface area contributed by atoms with Crippen molar-refractivity contribution in [3.8, 4) is 5.75 Å². The topological polar surface area (TPSA) is 75.1 Å². The van der Waals surface area contributed by atoms with Gasteiger partial charge < -0.3 is 15.4 Å². The molecule has 0 aromatic heterocycles. The fourth-order valence-corrected chi connectivity index (χ4v) is 4.11. The Morgan fingerprint density at radius 3 is 2.77 bits per heavy atom. The second-order valence-electron chi connectivity index (χ2n) is 6.67. The molecular weight excluding hydrogens is 442 g/mol. The normalized spacial score (nSPS) is 18.8. The number of nitrogens with one attached hydrogen (secondary N) is 2. The minimum atomic E-state index is -0.609. The van der Waals surface area contributed by atoms with Gasteiger partial charge in [-0.2, -0.15) is 0 Å². The van der Waals surface area contributed by atoms with Crippen molar-refractivity contribution in [2.45, 2.75) is 11.8 Å². The Balaban J connectivity index is 1.33. The number of anilines is 1. The average molecular weight is 459 g/mol. The van der Waals surface area contributed by atoms with Crippen LogP contribution in [0.2, 0.25) is 0 Å². The molecule has 158 valence electrons. The van der Waals surface area contributed by atoms with Crippen molar-refractivity contribution in [2.75, 3.05) is 5.32 Å². The summed E-state index contributed by atoms with van der Waals surface area (Å²) in [5, 5.41) is 7.17. The van der Waals surface area contributed by atoms with Crippen LogP contribution in [0.25, 0.3) is 0 Å². The van der Waals surface area contributed by atoms with Crippen molar-refractivity contribution >= 4 is 52.9 Å². The number of hydrogen-bond donors (Lipinski definition) is 2. The molecule has 0 aliphatic carbocycles. The molecule has 4 rings (SSSR count). The number of fused-ring (bicyclic) bond motifs is 1. The molecule has 2 aromatic rings. The Bertz CT molecular complexity index is 1100. The van der Waals surface area contributed by atoms with Gasteiger partial charge in [0, 0.05) is 11.8 Å². The summed E-state index contributed by atoms with van der Waals surface area (Å²) in [5.41, 5.74) is 0.987. The van der Waals surface area contributed by atoms with Crippen LogP contribution in [-0.2, 0) is 11.2 Å². The van der Waals surface area contributed by atoms with Crippen LogP contribution in [-0.4, -0.2) is 28.6 Å². The van der Waals surface area contributed by atoms with Crippen molar-refractivity contribution in [3.05, 3.63) is 71.1 Å². The molecule has 1 amide bonds. The average Bonchev–Trinajstić information content (AvgIpc) is 3.21. The number of rotatable bonds is 4. The number of aliphatic imine (C=N–C) groups is 2. The Kier molecular flexibility index (Phi) is 6.38. The Morgan fingerprint density at radius 2 is 2.00 bits per heavy atom. The Labute approximate surface area is 186 Å². The van der Waals surface area contributed by atoms with Crippen molar-refractivity contribution in [2.24, 2.45) is 15.9 Å². The molecule has 10 heteroatoms. The molecule has 2 aliphatic heterocycles. The maximum Gasteiger partial charge on any atom is 0.230 e. The maximum atomic E-state index is 14.5. The number of thiocarbonyl (C=S) groups is 1. The van der Waals surface area contributed by atoms with Crippen molar-refractivity contribution in [1.82, 2.24) is 5.32 Å². The van der Waals surface area contributed by atoms with Crippen LogP contribution < -0.4 is 15.4 Å². The van der Waals surface area contributed by atoms with Crippen molar-refractivity contribution in [1.29, 1.82) is 0 Å². The highest BCUT2D eigenvalue weighted by Crippen LogP contribution is 2.34. The van der Waals surface area contributed by atoms with Gasteiger partial charge in [0.05, 0.1) is 12.3 Å². The first kappa shape index (κ1) is 21.1. The zero-order valence-corrected chi connectivity index (χ0v) is 17.6. The van der Waals surface area contributed by atoms with Crippen LogP contribution in [0.1, 0.15) is 5.56 Å². The summed E-state index contributed by atoms with van der Waals surface area (Å²) in [4.78, 5) is 20.4. The standard InChI is InChI=1S/C21H16F2N4O2S2/c22-13-3-1-12(2-4-13)9-18(28)27-21(30)26-14-5-6-17(16(23)10-14)29-19-15-7-8-31-20(15)25-11-24-19/h1-8,10-11,15,20H,9H2,(H2,26,27,28,30). The second-order valence-corrected chi connectivity index (χ2v) is 8.10. The predicted octanol–water partition coefficient (Wildman–Crippen LogP) is 4.04. The maximum absolute atomic E-state index is 14.5. The summed E-state index contributed by atoms with van der Waals surface area (Å²) in [6, 6.07) is 9.83. The van der Waals surface area contributed by atoms with Crippen LogP contribution in [0, 0.1) is 17.6 Å². The van der Waals surface area contributed by atoms with Gasteiger partial charge in [0.1, 0.15) is 17.5 Å². The third-order valence-electron chi connectivity index (χ3n) is 4.43. The Hall–Kier alpha value is -3.11. The van der Waals surface area contributed by atoms with E-state index in [9.17, 15) is 13.6 Å². The molecule has 0 radical (unpaired) electrons. The molecule has 0 spiro atoms. The van der Waals surface area contributed by atoms with E-state index in [0.717, 1.165) is 0 Å². The molecule has 0 fully saturated rings. The SMILES string of the molecule is O=C(Cc1ccc(F)cc1)NC(=S)Nc1ccc(OC2=NC=NC3SC=CC23)c(F)c1. The van der Waals surface area contributed by atoms with Crippen LogP contribution in [0.15, 0.2) is 63.9 Å². The lowest BCUT2D eigenvalue weighted by atomic mass is 10.1. The van der Waals surface area contributed by atoms with E-state index in [0.29, 0.717) is 17.1 Å². The third-order valence-corrected chi connectivity index (χ3v) is 5.64. The summed E-state index contributed by atoms with van der Waals surface area (Å²) >= 11 is 6.66. The molecular formula is C21H16F2N4O2S2. The molecule has 2 atom stereocenters. The first-order chi connectivity index (χ1) is 15.0. The van der Waals surface area contributed by atoms with Gasteiger partial charge in [-0.25, -0.2) is 13.8 Å². The molecule has 2 aliphatic rings. The second kappa shape index (κ2) is 9.36. The fourth-order valence-electron chi connectivity index (χ4n) is 2.95. The molecule has 0 saturated carbocycles. The molecule has 0 saturated heterocycles. The summed E-state index contributed by atoms with van der Waals surface area (Å²) < 4.78 is 33.1. The summed E-state index contributed by atoms with van der Waals surface area (Å²) in [5.74, 6) is -1.09. The first-order valence-corrected chi connectivity index (χ1v) is 10.6. The number of nitrogens with zero attached hydrogens (tertiary/aromatic N) is 2. The molecule has 2 aromatic carbocycles. The lowest BCUT2D eigenvalue weighted by Crippen LogP contribution is -2.35. The van der Waals surface area contributed by atoms with E-state index in [-0.39, 0.29) is 40.3 Å². The van der Waals surface area contributed by atoms with Crippen LogP contribution in [0.3, 0.4) is 0 Å². The highest BCUT2D eigenvalue weighted by Gasteiger charge is 2.31. The molecule has 2 heterocycles. The van der Waals surface area contributed by atoms with E-state index >= 15 is 0 Å². The number of thioether (sulfide) groups is 1. The van der Waals surface area contributed by atoms with E-state index in [1.165, 1.54) is 42.7 Å². The van der Waals surface area contributed by atoms with E-state index < -0.39 is 5.82 Å². The summed E-state index contributed by atoms with van der Waals surface area (Å²) in [7, 11) is 0. The van der Waals surface area contributed by atoms with E-state index in [4.69, 9.17) is 17.0 Å². The van der Waals surface area contributed by atoms with Gasteiger partial charge in [0.15, 0.2) is 16.7 Å². The van der Waals surface area contributed by atoms with E-state index in [1.807, 2.05) is 11.5 Å². The predicted molar refractivity (Wildman–Crippen MR) is 121 cm³/mol. The van der Waals surface area contributed by atoms with Gasteiger partial charge in [-0.05, 0) is 47.5 Å². The number of hydrogen-bond acceptors (Lipinski definition) is 6. The van der Waals surface area contributed by atoms with E-state index in [1.54, 1.807) is 17.8 Å². The fraction of sp³-hybridized carbons (Fsp3) is 0.143. The molecule has 6 nitrogen and oxygen atoms in total. The molecule has 31 heavy (non-hydrogen) atoms. The van der Waals surface area contributed by atoms with Gasteiger partial charge in [-0.3, -0.25) is 9.79 Å². The molecule has 2 N–H and O–H groups in total. The zero-order chi connectivity index (χ0) is 21.8. The monoisotopic (exact) mass is 458 g/mol. The number of halogens is 2. The number of ether oxygens (including phenoxy) is 1. The van der Waals surface area contributed by atoms with Gasteiger partial charge in [0.2, 0.25) is 11.8 Å². The quantitative estimate of drug-likeness (QED) is 0.677. The summed E-state index contributed by atoms with van der Waals surface area (Å²) in [6.07, 6.45) is 3.37. The number of amides is 1. The highest BCUT2D eigenvalue weighted by molar-refractivity contribution is 8.03. The van der Waals surface area contributed by atoms with Crippen LogP contribution in [0.5, 0.6) is 5.75 Å². The minimum absolute atomic E-state index is 0.0176. The lowest BCUT2D eigenvalue weighted by molar-refractivity contribution is -0.119. The molecule has 0 bridgehead atoms. The van der Waals surface area contributed by atoms with Crippen LogP contribution >= 0.6 is 24.0 Å². The third kappa shape index (κ3) is 5.33. The van der Waals surface area contributed by atoms with Gasteiger partial charge >= 0.3 is 0 Å². The lowest BCUT2D eigenvalue weighted by Gasteiger charge is -2.20. The highest BCUT2D eigenvalue weighted by atomic mass is 32.2. The number of carbonyl (C=O) groups is 1. The van der Waals surface area contributed by atoms with Gasteiger partial charge in [0.25, 0.3) is 0 Å². The van der Waals surface area contributed by atoms with Crippen LogP contribution in [0.4, 0.5) is 14.5 Å². The molecule has 2 unspecified atom stereocenters. The Morgan fingerprint density at radius 1 is 1.19 bits per heavy atom. The van der Waals surface area contributed by atoms with Crippen molar-refractivity contribution in [3.63, 3.8) is 0 Å². The van der Waals surface area contributed by atoms with Gasteiger partial charge in [-0.15, -0.1) is 11.8 Å². The summed E-state index contributed by atoms with van der Waals surface area (Å²) in [6.45, 7) is 0. The zero-order valence-electron chi connectivity index (χ0n) is 15.9. The van der Waals surface area contributed by atoms with Crippen molar-refractivity contribution < 1.29 is 18.3 Å². The first-order valence-electron chi connectivity index (χ1n) is 9.22. The number of carbonyl (C=O) groups excluding carboxylic acids is 1.